The molecule has 8 nitrogen and oxygen atoms in total. The highest BCUT2D eigenvalue weighted by Crippen LogP contribution is 2.28. The minimum atomic E-state index is -0.996. The third-order valence-corrected chi connectivity index (χ3v) is 4.85. The Morgan fingerprint density at radius 1 is 1.20 bits per heavy atom. The van der Waals surface area contributed by atoms with E-state index in [-0.39, 0.29) is 5.56 Å². The topological polar surface area (TPSA) is 118 Å². The molecular formula is C16H14N6O2S. The van der Waals surface area contributed by atoms with E-state index in [4.69, 9.17) is 10.8 Å². The van der Waals surface area contributed by atoms with Gasteiger partial charge in [0.1, 0.15) is 0 Å². The maximum atomic E-state index is 11.1. The number of hydrogen-bond donors (Lipinski definition) is 2. The smallest absolute Gasteiger partial charge is 0.335 e. The highest BCUT2D eigenvalue weighted by Gasteiger charge is 2.22. The molecule has 4 heterocycles. The van der Waals surface area contributed by atoms with Gasteiger partial charge in [-0.3, -0.25) is 4.98 Å². The summed E-state index contributed by atoms with van der Waals surface area (Å²) in [6.45, 7) is 1.42. The van der Waals surface area contributed by atoms with Gasteiger partial charge in [-0.25, -0.2) is 19.7 Å². The molecule has 1 aliphatic heterocycles. The van der Waals surface area contributed by atoms with E-state index < -0.39 is 5.97 Å². The Kier molecular flexibility index (Phi) is 3.77. The van der Waals surface area contributed by atoms with Gasteiger partial charge < -0.3 is 15.7 Å². The van der Waals surface area contributed by atoms with Gasteiger partial charge in [0.15, 0.2) is 5.13 Å². The maximum absolute atomic E-state index is 11.1. The van der Waals surface area contributed by atoms with Crippen molar-refractivity contribution in [2.45, 2.75) is 13.0 Å². The number of aromatic nitrogens is 4. The number of carboxylic acids is 1. The van der Waals surface area contributed by atoms with Crippen molar-refractivity contribution in [3.8, 4) is 11.4 Å². The number of pyridine rings is 1. The zero-order valence-corrected chi connectivity index (χ0v) is 13.9. The average Bonchev–Trinajstić information content (AvgIpc) is 3.01. The Balaban J connectivity index is 1.64. The van der Waals surface area contributed by atoms with E-state index in [9.17, 15) is 4.79 Å². The number of nitrogens with zero attached hydrogens (tertiary/aromatic N) is 5. The lowest BCUT2D eigenvalue weighted by atomic mass is 10.2. The number of carboxylic acid groups (broad SMARTS) is 1. The zero-order chi connectivity index (χ0) is 17.4. The van der Waals surface area contributed by atoms with Crippen LogP contribution in [0.2, 0.25) is 0 Å². The normalized spacial score (nSPS) is 13.5. The van der Waals surface area contributed by atoms with Crippen molar-refractivity contribution in [2.24, 2.45) is 0 Å². The molecule has 126 valence electrons. The van der Waals surface area contributed by atoms with Crippen LogP contribution in [0.15, 0.2) is 30.6 Å². The van der Waals surface area contributed by atoms with Crippen molar-refractivity contribution in [3.63, 3.8) is 0 Å². The summed E-state index contributed by atoms with van der Waals surface area (Å²) in [5.74, 6) is -0.415. The molecule has 0 aromatic carbocycles. The summed E-state index contributed by atoms with van der Waals surface area (Å²) in [5.41, 5.74) is 8.09. The fourth-order valence-corrected chi connectivity index (χ4v) is 3.63. The van der Waals surface area contributed by atoms with Crippen molar-refractivity contribution >= 4 is 28.4 Å². The molecule has 0 unspecified atom stereocenters. The molecule has 3 N–H and O–H groups in total. The third-order valence-electron chi connectivity index (χ3n) is 3.94. The SMILES string of the molecule is Nc1nc2c(s1)CN(c1nccc(-c3cc(C(=O)O)ccn3)n1)CC2. The quantitative estimate of drug-likeness (QED) is 0.731. The van der Waals surface area contributed by atoms with Crippen LogP contribution in [0, 0.1) is 0 Å². The van der Waals surface area contributed by atoms with Crippen LogP contribution in [0.3, 0.4) is 0 Å². The summed E-state index contributed by atoms with van der Waals surface area (Å²) in [6, 6.07) is 4.68. The Bertz CT molecular complexity index is 957. The van der Waals surface area contributed by atoms with E-state index in [0.29, 0.717) is 29.0 Å². The second-order valence-electron chi connectivity index (χ2n) is 5.57. The van der Waals surface area contributed by atoms with E-state index in [1.165, 1.54) is 29.7 Å². The molecule has 0 amide bonds. The summed E-state index contributed by atoms with van der Waals surface area (Å²) in [7, 11) is 0. The predicted molar refractivity (Wildman–Crippen MR) is 93.5 cm³/mol. The number of nitrogen functional groups attached to an aromatic ring is 1. The van der Waals surface area contributed by atoms with Crippen molar-refractivity contribution in [2.75, 3.05) is 17.2 Å². The van der Waals surface area contributed by atoms with Crippen LogP contribution in [-0.4, -0.2) is 37.6 Å². The van der Waals surface area contributed by atoms with Crippen molar-refractivity contribution in [1.29, 1.82) is 0 Å². The summed E-state index contributed by atoms with van der Waals surface area (Å²) in [4.78, 5) is 31.8. The first-order chi connectivity index (χ1) is 12.1. The fraction of sp³-hybridized carbons (Fsp3) is 0.188. The minimum absolute atomic E-state index is 0.174. The molecule has 0 saturated heterocycles. The number of rotatable bonds is 3. The average molecular weight is 354 g/mol. The van der Waals surface area contributed by atoms with Crippen LogP contribution in [0.1, 0.15) is 20.9 Å². The Morgan fingerprint density at radius 2 is 2.04 bits per heavy atom. The summed E-state index contributed by atoms with van der Waals surface area (Å²) < 4.78 is 0. The van der Waals surface area contributed by atoms with Gasteiger partial charge in [0.25, 0.3) is 0 Å². The lowest BCUT2D eigenvalue weighted by molar-refractivity contribution is 0.0697. The highest BCUT2D eigenvalue weighted by atomic mass is 32.1. The van der Waals surface area contributed by atoms with Gasteiger partial charge in [-0.05, 0) is 18.2 Å². The van der Waals surface area contributed by atoms with E-state index in [0.717, 1.165) is 23.5 Å². The molecule has 25 heavy (non-hydrogen) atoms. The number of anilines is 2. The summed E-state index contributed by atoms with van der Waals surface area (Å²) in [6.07, 6.45) is 3.92. The lowest BCUT2D eigenvalue weighted by Gasteiger charge is -2.26. The van der Waals surface area contributed by atoms with Crippen LogP contribution < -0.4 is 10.6 Å². The minimum Gasteiger partial charge on any atom is -0.478 e. The lowest BCUT2D eigenvalue weighted by Crippen LogP contribution is -2.31. The number of nitrogens with two attached hydrogens (primary N) is 1. The monoisotopic (exact) mass is 354 g/mol. The fourth-order valence-electron chi connectivity index (χ4n) is 2.73. The van der Waals surface area contributed by atoms with Gasteiger partial charge in [0.2, 0.25) is 5.95 Å². The van der Waals surface area contributed by atoms with E-state index >= 15 is 0 Å². The molecule has 3 aromatic rings. The standard InChI is InChI=1S/C16H14N6O2S/c17-15-20-11-3-6-22(8-13(11)25-15)16-19-5-2-10(21-16)12-7-9(14(23)24)1-4-18-12/h1-2,4-5,7H,3,6,8H2,(H2,17,20)(H,23,24). The van der Waals surface area contributed by atoms with Crippen molar-refractivity contribution < 1.29 is 9.90 Å². The second-order valence-corrected chi connectivity index (χ2v) is 6.69. The van der Waals surface area contributed by atoms with Gasteiger partial charge in [0, 0.05) is 30.2 Å². The van der Waals surface area contributed by atoms with E-state index in [1.54, 1.807) is 12.3 Å². The van der Waals surface area contributed by atoms with Gasteiger partial charge in [-0.15, -0.1) is 11.3 Å². The Labute approximate surface area is 147 Å². The van der Waals surface area contributed by atoms with Gasteiger partial charge in [0.05, 0.1) is 29.2 Å². The number of carbonyl (C=O) groups is 1. The number of aromatic carboxylic acids is 1. The van der Waals surface area contributed by atoms with Gasteiger partial charge >= 0.3 is 5.97 Å². The van der Waals surface area contributed by atoms with Crippen LogP contribution in [0.25, 0.3) is 11.4 Å². The molecule has 0 spiro atoms. The molecule has 0 saturated carbocycles. The molecule has 3 aromatic heterocycles. The number of thiazole rings is 1. The third kappa shape index (κ3) is 3.01. The van der Waals surface area contributed by atoms with Gasteiger partial charge in [-0.2, -0.15) is 0 Å². The van der Waals surface area contributed by atoms with Crippen LogP contribution in [-0.2, 0) is 13.0 Å². The molecule has 9 heteroatoms. The first-order valence-corrected chi connectivity index (χ1v) is 8.43. The maximum Gasteiger partial charge on any atom is 0.335 e. The van der Waals surface area contributed by atoms with Crippen LogP contribution in [0.5, 0.6) is 0 Å². The molecular weight excluding hydrogens is 340 g/mol. The zero-order valence-electron chi connectivity index (χ0n) is 13.1. The van der Waals surface area contributed by atoms with Crippen LogP contribution in [0.4, 0.5) is 11.1 Å². The largest absolute Gasteiger partial charge is 0.478 e. The van der Waals surface area contributed by atoms with Crippen molar-refractivity contribution in [3.05, 3.63) is 46.7 Å². The first kappa shape index (κ1) is 15.5. The second kappa shape index (κ2) is 6.10. The molecule has 1 aliphatic rings. The molecule has 0 atom stereocenters. The first-order valence-electron chi connectivity index (χ1n) is 7.62. The molecule has 0 radical (unpaired) electrons. The van der Waals surface area contributed by atoms with Crippen molar-refractivity contribution in [1.82, 2.24) is 19.9 Å². The predicted octanol–water partition coefficient (Wildman–Crippen LogP) is 1.84. The number of hydrogen-bond acceptors (Lipinski definition) is 8. The Hall–Kier alpha value is -3.07. The molecule has 0 bridgehead atoms. The molecule has 4 rings (SSSR count). The van der Waals surface area contributed by atoms with E-state index in [2.05, 4.69) is 24.8 Å². The Morgan fingerprint density at radius 3 is 2.88 bits per heavy atom. The van der Waals surface area contributed by atoms with Crippen LogP contribution >= 0.6 is 11.3 Å². The summed E-state index contributed by atoms with van der Waals surface area (Å²) >= 11 is 1.49. The van der Waals surface area contributed by atoms with E-state index in [1.807, 2.05) is 0 Å². The van der Waals surface area contributed by atoms with Gasteiger partial charge in [-0.1, -0.05) is 0 Å². The number of fused-ring (bicyclic) bond motifs is 1. The molecule has 0 fully saturated rings. The molecule has 0 aliphatic carbocycles. The summed E-state index contributed by atoms with van der Waals surface area (Å²) in [5, 5.41) is 9.71. The highest BCUT2D eigenvalue weighted by molar-refractivity contribution is 7.15.